The van der Waals surface area contributed by atoms with Gasteiger partial charge in [-0.05, 0) is 26.3 Å². The minimum Gasteiger partial charge on any atom is -0.328 e. The maximum absolute atomic E-state index is 11.1. The van der Waals surface area contributed by atoms with Crippen LogP contribution in [0, 0.1) is 0 Å². The van der Waals surface area contributed by atoms with Crippen molar-refractivity contribution in [1.29, 1.82) is 0 Å². The van der Waals surface area contributed by atoms with Crippen LogP contribution in [-0.2, 0) is 10.0 Å². The van der Waals surface area contributed by atoms with Crippen molar-refractivity contribution in [3.8, 4) is 0 Å². The Bertz CT molecular complexity index is 279. The van der Waals surface area contributed by atoms with E-state index in [4.69, 9.17) is 5.73 Å². The Morgan fingerprint density at radius 3 is 2.73 bits per heavy atom. The van der Waals surface area contributed by atoms with Gasteiger partial charge in [0.2, 0.25) is 10.0 Å². The van der Waals surface area contributed by atoms with Crippen LogP contribution in [0.15, 0.2) is 0 Å². The molecule has 4 N–H and O–H groups in total. The van der Waals surface area contributed by atoms with Crippen LogP contribution in [-0.4, -0.2) is 39.8 Å². The van der Waals surface area contributed by atoms with Crippen molar-refractivity contribution in [3.05, 3.63) is 0 Å². The van der Waals surface area contributed by atoms with E-state index in [2.05, 4.69) is 10.0 Å². The molecule has 0 radical (unpaired) electrons. The average Bonchev–Trinajstić information content (AvgIpc) is 2.18. The molecule has 0 bridgehead atoms. The third-order valence-electron chi connectivity index (χ3n) is 2.83. The summed E-state index contributed by atoms with van der Waals surface area (Å²) >= 11 is 0. The molecule has 1 saturated carbocycles. The number of nitrogens with one attached hydrogen (secondary N) is 2. The fourth-order valence-corrected chi connectivity index (χ4v) is 2.50. The molecule has 0 amide bonds. The lowest BCUT2D eigenvalue weighted by Gasteiger charge is -2.27. The van der Waals surface area contributed by atoms with E-state index in [0.29, 0.717) is 12.6 Å². The summed E-state index contributed by atoms with van der Waals surface area (Å²) in [6, 6.07) is 0.665. The molecule has 0 aromatic heterocycles. The van der Waals surface area contributed by atoms with Crippen LogP contribution in [0.2, 0.25) is 0 Å². The van der Waals surface area contributed by atoms with E-state index in [1.165, 1.54) is 7.05 Å². The van der Waals surface area contributed by atoms with Gasteiger partial charge in [0, 0.05) is 18.6 Å². The van der Waals surface area contributed by atoms with Gasteiger partial charge < -0.3 is 11.1 Å². The second-order valence-electron chi connectivity index (χ2n) is 4.10. The molecular weight excluding hydrogens is 214 g/mol. The summed E-state index contributed by atoms with van der Waals surface area (Å²) in [4.78, 5) is 0. The normalized spacial score (nSPS) is 27.9. The maximum atomic E-state index is 11.1. The molecule has 0 saturated heterocycles. The third-order valence-corrected chi connectivity index (χ3v) is 4.19. The summed E-state index contributed by atoms with van der Waals surface area (Å²) in [7, 11) is -1.64. The van der Waals surface area contributed by atoms with E-state index < -0.39 is 10.0 Å². The minimum atomic E-state index is -3.08. The Kier molecular flexibility index (Phi) is 4.98. The Hall–Kier alpha value is -0.170. The van der Waals surface area contributed by atoms with E-state index in [9.17, 15) is 8.42 Å². The minimum absolute atomic E-state index is 0.134. The fraction of sp³-hybridized carbons (Fsp3) is 1.00. The van der Waals surface area contributed by atoms with Crippen molar-refractivity contribution in [2.24, 2.45) is 5.73 Å². The standard InChI is InChI=1S/C9H21N3O2S/c1-11-15(13,14)6-5-12-9-4-2-3-8(10)7-9/h8-9,11-12H,2-7,10H2,1H3. The molecule has 1 aliphatic carbocycles. The van der Waals surface area contributed by atoms with Gasteiger partial charge in [0.1, 0.15) is 0 Å². The SMILES string of the molecule is CNS(=O)(=O)CCNC1CCCC(N)C1. The number of hydrogen-bond donors (Lipinski definition) is 3. The highest BCUT2D eigenvalue weighted by atomic mass is 32.2. The molecule has 15 heavy (non-hydrogen) atoms. The first-order valence-corrected chi connectivity index (χ1v) is 7.09. The smallest absolute Gasteiger partial charge is 0.212 e. The molecule has 1 fully saturated rings. The van der Waals surface area contributed by atoms with Gasteiger partial charge in [0.05, 0.1) is 5.75 Å². The van der Waals surface area contributed by atoms with Crippen LogP contribution in [0.3, 0.4) is 0 Å². The van der Waals surface area contributed by atoms with Gasteiger partial charge in [0.15, 0.2) is 0 Å². The van der Waals surface area contributed by atoms with Crippen LogP contribution in [0.4, 0.5) is 0 Å². The lowest BCUT2D eigenvalue weighted by molar-refractivity contribution is 0.344. The molecule has 1 rings (SSSR count). The largest absolute Gasteiger partial charge is 0.328 e. The molecule has 2 atom stereocenters. The van der Waals surface area contributed by atoms with Crippen molar-refractivity contribution in [2.75, 3.05) is 19.3 Å². The Labute approximate surface area is 91.9 Å². The zero-order chi connectivity index (χ0) is 11.3. The van der Waals surface area contributed by atoms with Crippen molar-refractivity contribution in [3.63, 3.8) is 0 Å². The van der Waals surface area contributed by atoms with Crippen molar-refractivity contribution < 1.29 is 8.42 Å². The first-order chi connectivity index (χ1) is 7.03. The maximum Gasteiger partial charge on any atom is 0.212 e. The van der Waals surface area contributed by atoms with E-state index in [1.54, 1.807) is 0 Å². The molecule has 1 aliphatic rings. The number of nitrogens with two attached hydrogens (primary N) is 1. The Morgan fingerprint density at radius 2 is 2.13 bits per heavy atom. The molecule has 90 valence electrons. The van der Waals surface area contributed by atoms with Gasteiger partial charge in [-0.2, -0.15) is 0 Å². The highest BCUT2D eigenvalue weighted by Crippen LogP contribution is 2.16. The Morgan fingerprint density at radius 1 is 1.40 bits per heavy atom. The quantitative estimate of drug-likeness (QED) is 0.594. The summed E-state index contributed by atoms with van der Waals surface area (Å²) < 4.78 is 24.6. The monoisotopic (exact) mass is 235 g/mol. The molecule has 0 aliphatic heterocycles. The predicted octanol–water partition coefficient (Wildman–Crippen LogP) is -0.605. The van der Waals surface area contributed by atoms with Crippen LogP contribution in [0.1, 0.15) is 25.7 Å². The van der Waals surface area contributed by atoms with Gasteiger partial charge in [-0.25, -0.2) is 13.1 Å². The highest BCUT2D eigenvalue weighted by molar-refractivity contribution is 7.89. The van der Waals surface area contributed by atoms with Crippen LogP contribution >= 0.6 is 0 Å². The lowest BCUT2D eigenvalue weighted by atomic mass is 9.92. The molecule has 0 heterocycles. The highest BCUT2D eigenvalue weighted by Gasteiger charge is 2.18. The van der Waals surface area contributed by atoms with Crippen LogP contribution < -0.4 is 15.8 Å². The molecular formula is C9H21N3O2S. The number of hydrogen-bond acceptors (Lipinski definition) is 4. The fourth-order valence-electron chi connectivity index (χ4n) is 1.91. The predicted molar refractivity (Wildman–Crippen MR) is 61.1 cm³/mol. The topological polar surface area (TPSA) is 84.2 Å². The summed E-state index contributed by atoms with van der Waals surface area (Å²) in [5.74, 6) is 0.134. The van der Waals surface area contributed by atoms with E-state index in [-0.39, 0.29) is 11.8 Å². The summed E-state index contributed by atoms with van der Waals surface area (Å²) in [6.45, 7) is 0.501. The zero-order valence-electron chi connectivity index (χ0n) is 9.20. The molecule has 2 unspecified atom stereocenters. The summed E-state index contributed by atoms with van der Waals surface area (Å²) in [5.41, 5.74) is 5.84. The summed E-state index contributed by atoms with van der Waals surface area (Å²) in [6.07, 6.45) is 4.29. The second kappa shape index (κ2) is 5.79. The van der Waals surface area contributed by atoms with Gasteiger partial charge in [-0.1, -0.05) is 6.42 Å². The lowest BCUT2D eigenvalue weighted by Crippen LogP contribution is -2.41. The van der Waals surface area contributed by atoms with Gasteiger partial charge in [-0.3, -0.25) is 0 Å². The van der Waals surface area contributed by atoms with Crippen LogP contribution in [0.5, 0.6) is 0 Å². The molecule has 0 aromatic rings. The summed E-state index contributed by atoms with van der Waals surface area (Å²) in [5, 5.41) is 3.24. The van der Waals surface area contributed by atoms with Crippen molar-refractivity contribution in [1.82, 2.24) is 10.0 Å². The number of rotatable bonds is 5. The number of sulfonamides is 1. The molecule has 5 nitrogen and oxygen atoms in total. The molecule has 0 aromatic carbocycles. The van der Waals surface area contributed by atoms with Crippen molar-refractivity contribution in [2.45, 2.75) is 37.8 Å². The second-order valence-corrected chi connectivity index (χ2v) is 6.15. The first-order valence-electron chi connectivity index (χ1n) is 5.43. The zero-order valence-corrected chi connectivity index (χ0v) is 10.0. The molecule has 0 spiro atoms. The van der Waals surface area contributed by atoms with E-state index in [0.717, 1.165) is 25.7 Å². The van der Waals surface area contributed by atoms with Gasteiger partial charge >= 0.3 is 0 Å². The average molecular weight is 235 g/mol. The Balaban J connectivity index is 2.20. The van der Waals surface area contributed by atoms with Gasteiger partial charge in [0.25, 0.3) is 0 Å². The first kappa shape index (κ1) is 12.9. The van der Waals surface area contributed by atoms with Crippen LogP contribution in [0.25, 0.3) is 0 Å². The van der Waals surface area contributed by atoms with Gasteiger partial charge in [-0.15, -0.1) is 0 Å². The van der Waals surface area contributed by atoms with E-state index >= 15 is 0 Å². The van der Waals surface area contributed by atoms with E-state index in [1.807, 2.05) is 0 Å². The molecule has 6 heteroatoms. The van der Waals surface area contributed by atoms with Crippen molar-refractivity contribution >= 4 is 10.0 Å². The third kappa shape index (κ3) is 4.92.